The van der Waals surface area contributed by atoms with Crippen molar-refractivity contribution < 1.29 is 9.59 Å². The number of nitrogens with one attached hydrogen (secondary N) is 1. The number of carbonyl (C=O) groups excluding carboxylic acids is 2. The number of halogens is 1. The molecular formula is C29H39ClN6O2S. The van der Waals surface area contributed by atoms with Crippen LogP contribution in [0.15, 0.2) is 35.5 Å². The maximum atomic E-state index is 13.2. The van der Waals surface area contributed by atoms with Gasteiger partial charge in [-0.3, -0.25) is 4.79 Å². The van der Waals surface area contributed by atoms with Gasteiger partial charge in [-0.1, -0.05) is 56.3 Å². The third-order valence-corrected chi connectivity index (χ3v) is 9.23. The van der Waals surface area contributed by atoms with Crippen LogP contribution in [0.5, 0.6) is 0 Å². The number of hydrogen-bond acceptors (Lipinski definition) is 6. The lowest BCUT2D eigenvalue weighted by Crippen LogP contribution is -2.55. The van der Waals surface area contributed by atoms with E-state index in [0.717, 1.165) is 42.9 Å². The van der Waals surface area contributed by atoms with Crippen LogP contribution in [0.2, 0.25) is 5.15 Å². The Hall–Kier alpha value is -2.52. The zero-order chi connectivity index (χ0) is 27.9. The van der Waals surface area contributed by atoms with Crippen molar-refractivity contribution in [3.05, 3.63) is 41.0 Å². The second kappa shape index (κ2) is 10.8. The van der Waals surface area contributed by atoms with Gasteiger partial charge < -0.3 is 20.0 Å². The van der Waals surface area contributed by atoms with Crippen LogP contribution in [0.4, 0.5) is 16.3 Å². The van der Waals surface area contributed by atoms with Crippen LogP contribution in [-0.2, 0) is 4.79 Å². The van der Waals surface area contributed by atoms with E-state index in [-0.39, 0.29) is 28.8 Å². The topological polar surface area (TPSA) is 81.7 Å². The molecule has 0 radical (unpaired) electrons. The molecule has 39 heavy (non-hydrogen) atoms. The zero-order valence-corrected chi connectivity index (χ0v) is 25.1. The Kier molecular flexibility index (Phi) is 7.76. The van der Waals surface area contributed by atoms with Gasteiger partial charge in [0.1, 0.15) is 11.0 Å². The molecule has 1 aromatic heterocycles. The van der Waals surface area contributed by atoms with Crippen molar-refractivity contribution in [2.24, 2.45) is 10.8 Å². The van der Waals surface area contributed by atoms with E-state index in [0.29, 0.717) is 41.7 Å². The Morgan fingerprint density at radius 3 is 2.67 bits per heavy atom. The minimum Gasteiger partial charge on any atom is -0.353 e. The largest absolute Gasteiger partial charge is 0.353 e. The van der Waals surface area contributed by atoms with Gasteiger partial charge in [0.25, 0.3) is 0 Å². The molecule has 2 aromatic rings. The summed E-state index contributed by atoms with van der Waals surface area (Å²) >= 11 is 7.74. The number of thioether (sulfide) groups is 1. The van der Waals surface area contributed by atoms with E-state index in [9.17, 15) is 9.59 Å². The molecule has 1 saturated carbocycles. The molecular weight excluding hydrogens is 532 g/mol. The average molecular weight is 571 g/mol. The Balaban J connectivity index is 1.19. The summed E-state index contributed by atoms with van der Waals surface area (Å²) in [5, 5.41) is 3.87. The molecule has 2 aliphatic heterocycles. The molecule has 3 fully saturated rings. The highest BCUT2D eigenvalue weighted by Crippen LogP contribution is 2.52. The fourth-order valence-corrected chi connectivity index (χ4v) is 7.93. The minimum absolute atomic E-state index is 0.0184. The van der Waals surface area contributed by atoms with Crippen LogP contribution in [0.25, 0.3) is 0 Å². The maximum Gasteiger partial charge on any atom is 0.322 e. The first-order valence-electron chi connectivity index (χ1n) is 13.8. The molecule has 2 saturated heterocycles. The highest BCUT2D eigenvalue weighted by atomic mass is 35.5. The molecule has 10 heteroatoms. The molecule has 1 aliphatic carbocycles. The lowest BCUT2D eigenvalue weighted by molar-refractivity contribution is -0.129. The quantitative estimate of drug-likeness (QED) is 0.282. The standard InChI is InChI=1S/C29H39ClN6O2S/c1-19-7-6-8-21(11-19)31-27(38)35-10-9-34(15-20(35)2)24-12-23(30)32-26(33-24)39-16-25(37)36-18-29(5)14-22(36)13-28(3,4)17-29/h6-8,11-12,20,22H,9-10,13-18H2,1-5H3,(H,31,38)/t20-,22+,29-/m0/s1. The Labute approximate surface area is 240 Å². The molecule has 3 aliphatic rings. The highest BCUT2D eigenvalue weighted by molar-refractivity contribution is 7.99. The first-order valence-corrected chi connectivity index (χ1v) is 15.1. The van der Waals surface area contributed by atoms with E-state index in [1.54, 1.807) is 6.07 Å². The smallest absolute Gasteiger partial charge is 0.322 e. The summed E-state index contributed by atoms with van der Waals surface area (Å²) < 4.78 is 0. The number of aromatic nitrogens is 2. The number of hydrogen-bond donors (Lipinski definition) is 1. The number of rotatable bonds is 5. The van der Waals surface area contributed by atoms with Crippen LogP contribution in [-0.4, -0.2) is 75.7 Å². The van der Waals surface area contributed by atoms with Crippen LogP contribution in [0, 0.1) is 17.8 Å². The summed E-state index contributed by atoms with van der Waals surface area (Å²) in [5.74, 6) is 1.18. The van der Waals surface area contributed by atoms with E-state index in [2.05, 4.69) is 40.9 Å². The lowest BCUT2D eigenvalue weighted by atomic mass is 9.65. The second-order valence-corrected chi connectivity index (χ2v) is 14.0. The van der Waals surface area contributed by atoms with Gasteiger partial charge in [-0.15, -0.1) is 0 Å². The molecule has 210 valence electrons. The number of aryl methyl sites for hydroxylation is 1. The molecule has 0 spiro atoms. The molecule has 3 atom stereocenters. The Morgan fingerprint density at radius 1 is 1.13 bits per heavy atom. The first kappa shape index (κ1) is 28.0. The fraction of sp³-hybridized carbons (Fsp3) is 0.586. The number of piperazine rings is 1. The summed E-state index contributed by atoms with van der Waals surface area (Å²) in [4.78, 5) is 41.4. The van der Waals surface area contributed by atoms with Crippen molar-refractivity contribution in [1.82, 2.24) is 19.8 Å². The third kappa shape index (κ3) is 6.46. The molecule has 8 nitrogen and oxygen atoms in total. The monoisotopic (exact) mass is 570 g/mol. The maximum absolute atomic E-state index is 13.2. The minimum atomic E-state index is -0.105. The number of urea groups is 1. The van der Waals surface area contributed by atoms with Gasteiger partial charge in [0.05, 0.1) is 5.75 Å². The van der Waals surface area contributed by atoms with Crippen molar-refractivity contribution in [2.45, 2.75) is 71.1 Å². The molecule has 3 heterocycles. The fourth-order valence-electron chi connectivity index (χ4n) is 6.96. The second-order valence-electron chi connectivity index (χ2n) is 12.6. The zero-order valence-electron chi connectivity index (χ0n) is 23.5. The predicted molar refractivity (Wildman–Crippen MR) is 158 cm³/mol. The van der Waals surface area contributed by atoms with Gasteiger partial charge in [0.15, 0.2) is 5.16 Å². The number of likely N-dealkylation sites (tertiary alicyclic amines) is 1. The van der Waals surface area contributed by atoms with Crippen LogP contribution >= 0.6 is 23.4 Å². The number of nitrogens with zero attached hydrogens (tertiary/aromatic N) is 5. The van der Waals surface area contributed by atoms with E-state index < -0.39 is 0 Å². The molecule has 0 unspecified atom stereocenters. The Morgan fingerprint density at radius 2 is 1.92 bits per heavy atom. The van der Waals surface area contributed by atoms with Gasteiger partial charge in [-0.2, -0.15) is 0 Å². The van der Waals surface area contributed by atoms with Crippen molar-refractivity contribution in [3.8, 4) is 0 Å². The van der Waals surface area contributed by atoms with Crippen molar-refractivity contribution >= 4 is 46.8 Å². The highest BCUT2D eigenvalue weighted by Gasteiger charge is 2.50. The summed E-state index contributed by atoms with van der Waals surface area (Å²) in [6.07, 6.45) is 3.31. The SMILES string of the molecule is Cc1cccc(NC(=O)N2CCN(c3cc(Cl)nc(SCC(=O)N4C[C@@]5(C)C[C@H]4CC(C)(C)C5)n3)C[C@@H]2C)c1. The van der Waals surface area contributed by atoms with Crippen LogP contribution in [0.1, 0.15) is 52.5 Å². The summed E-state index contributed by atoms with van der Waals surface area (Å²) in [7, 11) is 0. The summed E-state index contributed by atoms with van der Waals surface area (Å²) in [5.41, 5.74) is 2.38. The van der Waals surface area contributed by atoms with Crippen LogP contribution in [0.3, 0.4) is 0 Å². The first-order chi connectivity index (χ1) is 18.4. The summed E-state index contributed by atoms with van der Waals surface area (Å²) in [6.45, 7) is 13.7. The molecule has 1 N–H and O–H groups in total. The number of benzene rings is 1. The predicted octanol–water partition coefficient (Wildman–Crippen LogP) is 5.70. The number of carbonyl (C=O) groups is 2. The van der Waals surface area contributed by atoms with Gasteiger partial charge in [-0.25, -0.2) is 14.8 Å². The lowest BCUT2D eigenvalue weighted by Gasteiger charge is -2.40. The van der Waals surface area contributed by atoms with Crippen molar-refractivity contribution in [2.75, 3.05) is 42.1 Å². The molecule has 5 rings (SSSR count). The van der Waals surface area contributed by atoms with E-state index in [1.807, 2.05) is 43.0 Å². The molecule has 3 amide bonds. The Bertz CT molecular complexity index is 1260. The van der Waals surface area contributed by atoms with Crippen LogP contribution < -0.4 is 10.2 Å². The van der Waals surface area contributed by atoms with Gasteiger partial charge in [0.2, 0.25) is 5.91 Å². The number of fused-ring (bicyclic) bond motifs is 2. The van der Waals surface area contributed by atoms with E-state index in [4.69, 9.17) is 16.6 Å². The van der Waals surface area contributed by atoms with Crippen molar-refractivity contribution in [1.29, 1.82) is 0 Å². The van der Waals surface area contributed by atoms with Crippen molar-refractivity contribution in [3.63, 3.8) is 0 Å². The van der Waals surface area contributed by atoms with Gasteiger partial charge >= 0.3 is 6.03 Å². The number of anilines is 2. The normalized spacial score (nSPS) is 26.1. The summed E-state index contributed by atoms with van der Waals surface area (Å²) in [6, 6.07) is 9.76. The van der Waals surface area contributed by atoms with E-state index >= 15 is 0 Å². The van der Waals surface area contributed by atoms with Gasteiger partial charge in [-0.05, 0) is 61.6 Å². The molecule has 1 aromatic carbocycles. The van der Waals surface area contributed by atoms with Gasteiger partial charge in [0, 0.05) is 50.0 Å². The number of amides is 3. The van der Waals surface area contributed by atoms with E-state index in [1.165, 1.54) is 11.8 Å². The average Bonchev–Trinajstić information content (AvgIpc) is 3.10. The molecule has 2 bridgehead atoms. The third-order valence-electron chi connectivity index (χ3n) is 8.20.